The summed E-state index contributed by atoms with van der Waals surface area (Å²) in [6.45, 7) is 2.56. The number of carbonyl (C=O) groups excluding carboxylic acids is 1. The SMILES string of the molecule is COc1ccc(CCNC(=O)[C@H](C)Sc2nnc(C3CC3)n2C2CC2)cc1. The maximum atomic E-state index is 12.5. The number of rotatable bonds is 9. The highest BCUT2D eigenvalue weighted by molar-refractivity contribution is 8.00. The molecule has 2 aliphatic carbocycles. The molecule has 1 aromatic carbocycles. The van der Waals surface area contributed by atoms with Crippen molar-refractivity contribution in [3.8, 4) is 5.75 Å². The minimum atomic E-state index is -0.186. The van der Waals surface area contributed by atoms with E-state index >= 15 is 0 Å². The molecular formula is C20H26N4O2S. The molecule has 0 aliphatic heterocycles. The molecule has 0 bridgehead atoms. The second-order valence-corrected chi connectivity index (χ2v) is 8.67. The van der Waals surface area contributed by atoms with E-state index in [1.807, 2.05) is 31.2 Å². The molecule has 2 aromatic rings. The Morgan fingerprint density at radius 2 is 2.00 bits per heavy atom. The summed E-state index contributed by atoms with van der Waals surface area (Å²) < 4.78 is 7.46. The average molecular weight is 387 g/mol. The number of hydrogen-bond donors (Lipinski definition) is 1. The number of methoxy groups -OCH3 is 1. The van der Waals surface area contributed by atoms with Crippen LogP contribution in [0.25, 0.3) is 0 Å². The van der Waals surface area contributed by atoms with Gasteiger partial charge in [0.25, 0.3) is 0 Å². The lowest BCUT2D eigenvalue weighted by Crippen LogP contribution is -2.32. The molecule has 1 heterocycles. The Morgan fingerprint density at radius 1 is 1.26 bits per heavy atom. The van der Waals surface area contributed by atoms with Gasteiger partial charge in [0.1, 0.15) is 11.6 Å². The van der Waals surface area contributed by atoms with Crippen LogP contribution < -0.4 is 10.1 Å². The van der Waals surface area contributed by atoms with Crippen LogP contribution in [0, 0.1) is 0 Å². The van der Waals surface area contributed by atoms with E-state index in [1.165, 1.54) is 43.0 Å². The lowest BCUT2D eigenvalue weighted by atomic mass is 10.1. The Balaban J connectivity index is 1.29. The van der Waals surface area contributed by atoms with Gasteiger partial charge < -0.3 is 14.6 Å². The molecule has 2 saturated carbocycles. The fraction of sp³-hybridized carbons (Fsp3) is 0.550. The van der Waals surface area contributed by atoms with E-state index in [4.69, 9.17) is 4.74 Å². The summed E-state index contributed by atoms with van der Waals surface area (Å²) in [5.74, 6) is 2.61. The van der Waals surface area contributed by atoms with E-state index in [1.54, 1.807) is 7.11 Å². The summed E-state index contributed by atoms with van der Waals surface area (Å²) in [6, 6.07) is 8.49. The number of aromatic nitrogens is 3. The highest BCUT2D eigenvalue weighted by Gasteiger charge is 2.37. The third-order valence-electron chi connectivity index (χ3n) is 5.07. The fourth-order valence-corrected chi connectivity index (χ4v) is 4.09. The maximum absolute atomic E-state index is 12.5. The molecule has 1 N–H and O–H groups in total. The molecule has 2 fully saturated rings. The van der Waals surface area contributed by atoms with Gasteiger partial charge in [0.15, 0.2) is 5.16 Å². The van der Waals surface area contributed by atoms with Gasteiger partial charge in [0, 0.05) is 18.5 Å². The highest BCUT2D eigenvalue weighted by atomic mass is 32.2. The predicted octanol–water partition coefficient (Wildman–Crippen LogP) is 3.34. The zero-order chi connectivity index (χ0) is 18.8. The van der Waals surface area contributed by atoms with Crippen LogP contribution in [0.15, 0.2) is 29.4 Å². The molecular weight excluding hydrogens is 360 g/mol. The summed E-state index contributed by atoms with van der Waals surface area (Å²) >= 11 is 1.52. The largest absolute Gasteiger partial charge is 0.497 e. The first-order valence-electron chi connectivity index (χ1n) is 9.68. The maximum Gasteiger partial charge on any atom is 0.233 e. The standard InChI is InChI=1S/C20H26N4O2S/c1-13(19(25)21-12-11-14-3-9-17(26-2)10-4-14)27-20-23-22-18(15-5-6-15)24(20)16-7-8-16/h3-4,9-10,13,15-16H,5-8,11-12H2,1-2H3,(H,21,25)/t13-/m0/s1. The number of thioether (sulfide) groups is 1. The first-order chi connectivity index (χ1) is 13.2. The van der Waals surface area contributed by atoms with Crippen LogP contribution in [0.2, 0.25) is 0 Å². The Bertz CT molecular complexity index is 797. The second kappa shape index (κ2) is 7.92. The van der Waals surface area contributed by atoms with E-state index in [0.717, 1.165) is 23.2 Å². The summed E-state index contributed by atoms with van der Waals surface area (Å²) in [5.41, 5.74) is 1.18. The van der Waals surface area contributed by atoms with Gasteiger partial charge in [-0.25, -0.2) is 0 Å². The number of ether oxygens (including phenoxy) is 1. The fourth-order valence-electron chi connectivity index (χ4n) is 3.14. The van der Waals surface area contributed by atoms with Gasteiger partial charge in [-0.15, -0.1) is 10.2 Å². The number of hydrogen-bond acceptors (Lipinski definition) is 5. The van der Waals surface area contributed by atoms with Crippen molar-refractivity contribution < 1.29 is 9.53 Å². The Morgan fingerprint density at radius 3 is 2.63 bits per heavy atom. The minimum absolute atomic E-state index is 0.0480. The molecule has 0 radical (unpaired) electrons. The number of carbonyl (C=O) groups is 1. The minimum Gasteiger partial charge on any atom is -0.497 e. The molecule has 1 amide bonds. The topological polar surface area (TPSA) is 69.0 Å². The monoisotopic (exact) mass is 386 g/mol. The molecule has 6 nitrogen and oxygen atoms in total. The van der Waals surface area contributed by atoms with Crippen LogP contribution in [0.5, 0.6) is 5.75 Å². The van der Waals surface area contributed by atoms with Gasteiger partial charge in [-0.3, -0.25) is 4.79 Å². The van der Waals surface area contributed by atoms with Crippen molar-refractivity contribution in [1.82, 2.24) is 20.1 Å². The Labute approximate surface area is 164 Å². The third kappa shape index (κ3) is 4.46. The number of nitrogens with zero attached hydrogens (tertiary/aromatic N) is 3. The summed E-state index contributed by atoms with van der Waals surface area (Å²) in [6.07, 6.45) is 5.65. The van der Waals surface area contributed by atoms with E-state index in [0.29, 0.717) is 18.5 Å². The highest BCUT2D eigenvalue weighted by Crippen LogP contribution is 2.46. The lowest BCUT2D eigenvalue weighted by Gasteiger charge is -2.13. The molecule has 0 unspecified atom stereocenters. The second-order valence-electron chi connectivity index (χ2n) is 7.37. The van der Waals surface area contributed by atoms with Gasteiger partial charge in [0.05, 0.1) is 12.4 Å². The number of nitrogens with one attached hydrogen (secondary N) is 1. The number of amides is 1. The molecule has 2 aliphatic rings. The summed E-state index contributed by atoms with van der Waals surface area (Å²) in [7, 11) is 1.66. The van der Waals surface area contributed by atoms with Crippen molar-refractivity contribution in [3.63, 3.8) is 0 Å². The van der Waals surface area contributed by atoms with Crippen molar-refractivity contribution in [2.75, 3.05) is 13.7 Å². The predicted molar refractivity (Wildman–Crippen MR) is 105 cm³/mol. The van der Waals surface area contributed by atoms with Crippen LogP contribution in [0.4, 0.5) is 0 Å². The van der Waals surface area contributed by atoms with Crippen molar-refractivity contribution >= 4 is 17.7 Å². The molecule has 0 spiro atoms. The third-order valence-corrected chi connectivity index (χ3v) is 6.13. The first kappa shape index (κ1) is 18.3. The quantitative estimate of drug-likeness (QED) is 0.670. The molecule has 1 aromatic heterocycles. The van der Waals surface area contributed by atoms with E-state index < -0.39 is 0 Å². The van der Waals surface area contributed by atoms with Crippen molar-refractivity contribution in [2.45, 2.75) is 61.4 Å². The van der Waals surface area contributed by atoms with Crippen LogP contribution in [-0.4, -0.2) is 39.6 Å². The summed E-state index contributed by atoms with van der Waals surface area (Å²) in [4.78, 5) is 12.5. The van der Waals surface area contributed by atoms with E-state index in [9.17, 15) is 4.79 Å². The van der Waals surface area contributed by atoms with Gasteiger partial charge >= 0.3 is 0 Å². The summed E-state index contributed by atoms with van der Waals surface area (Å²) in [5, 5.41) is 12.6. The van der Waals surface area contributed by atoms with Crippen LogP contribution in [0.1, 0.15) is 56.0 Å². The number of benzene rings is 1. The lowest BCUT2D eigenvalue weighted by molar-refractivity contribution is -0.120. The van der Waals surface area contributed by atoms with Crippen LogP contribution >= 0.6 is 11.8 Å². The van der Waals surface area contributed by atoms with E-state index in [-0.39, 0.29) is 11.2 Å². The van der Waals surface area contributed by atoms with Crippen molar-refractivity contribution in [1.29, 1.82) is 0 Å². The molecule has 0 saturated heterocycles. The van der Waals surface area contributed by atoms with Gasteiger partial charge in [-0.1, -0.05) is 23.9 Å². The Kier molecular flexibility index (Phi) is 5.38. The Hall–Kier alpha value is -2.02. The first-order valence-corrected chi connectivity index (χ1v) is 10.6. The van der Waals surface area contributed by atoms with Crippen LogP contribution in [-0.2, 0) is 11.2 Å². The van der Waals surface area contributed by atoms with Gasteiger partial charge in [0.2, 0.25) is 5.91 Å². The smallest absolute Gasteiger partial charge is 0.233 e. The zero-order valence-electron chi connectivity index (χ0n) is 15.9. The van der Waals surface area contributed by atoms with Gasteiger partial charge in [-0.05, 0) is 56.7 Å². The average Bonchev–Trinajstić information content (AvgIpc) is 3.61. The van der Waals surface area contributed by atoms with Crippen molar-refractivity contribution in [3.05, 3.63) is 35.7 Å². The molecule has 144 valence electrons. The van der Waals surface area contributed by atoms with Gasteiger partial charge in [-0.2, -0.15) is 0 Å². The molecule has 7 heteroatoms. The molecule has 1 atom stereocenters. The van der Waals surface area contributed by atoms with Crippen molar-refractivity contribution in [2.24, 2.45) is 0 Å². The van der Waals surface area contributed by atoms with E-state index in [2.05, 4.69) is 20.1 Å². The molecule has 4 rings (SSSR count). The zero-order valence-corrected chi connectivity index (χ0v) is 16.7. The normalized spacial score (nSPS) is 17.6. The molecule has 27 heavy (non-hydrogen) atoms. The van der Waals surface area contributed by atoms with Crippen LogP contribution in [0.3, 0.4) is 0 Å².